The summed E-state index contributed by atoms with van der Waals surface area (Å²) in [7, 11) is 0. The van der Waals surface area contributed by atoms with E-state index in [9.17, 15) is 15.3 Å². The lowest BCUT2D eigenvalue weighted by molar-refractivity contribution is 0.405. The lowest BCUT2D eigenvalue weighted by Gasteiger charge is -2.05. The molecule has 0 aliphatic rings. The van der Waals surface area contributed by atoms with E-state index >= 15 is 0 Å². The van der Waals surface area contributed by atoms with Crippen LogP contribution in [0.3, 0.4) is 0 Å². The predicted molar refractivity (Wildman–Crippen MR) is 55.7 cm³/mol. The fraction of sp³-hybridized carbons (Fsp3) is 0. The van der Waals surface area contributed by atoms with Crippen LogP contribution in [0.5, 0.6) is 17.2 Å². The molecule has 0 spiro atoms. The van der Waals surface area contributed by atoms with E-state index in [0.717, 1.165) is 0 Å². The van der Waals surface area contributed by atoms with Crippen molar-refractivity contribution in [2.45, 2.75) is 0 Å². The van der Waals surface area contributed by atoms with Gasteiger partial charge in [0.25, 0.3) is 0 Å². The van der Waals surface area contributed by atoms with Crippen molar-refractivity contribution in [1.29, 1.82) is 0 Å². The highest BCUT2D eigenvalue weighted by molar-refractivity contribution is 5.73. The minimum absolute atomic E-state index is 0.0893. The Morgan fingerprint density at radius 2 is 1.80 bits per heavy atom. The molecule has 0 atom stereocenters. The molecule has 0 aromatic heterocycles. The molecule has 0 saturated carbocycles. The Bertz CT molecular complexity index is 492. The van der Waals surface area contributed by atoms with Crippen molar-refractivity contribution in [3.63, 3.8) is 0 Å². The highest BCUT2D eigenvalue weighted by Gasteiger charge is 2.08. The van der Waals surface area contributed by atoms with E-state index in [1.54, 1.807) is 18.2 Å². The zero-order valence-corrected chi connectivity index (χ0v) is 7.81. The van der Waals surface area contributed by atoms with Crippen LogP contribution >= 0.6 is 0 Å². The number of benzene rings is 2. The van der Waals surface area contributed by atoms with Gasteiger partial charge >= 0.3 is 0 Å². The van der Waals surface area contributed by atoms with E-state index in [0.29, 0.717) is 11.1 Å². The molecule has 2 rings (SSSR count). The largest absolute Gasteiger partial charge is 0.508 e. The number of para-hydroxylation sites is 1. The average Bonchev–Trinajstić information content (AvgIpc) is 2.22. The summed E-state index contributed by atoms with van der Waals surface area (Å²) in [5, 5.41) is 28.2. The molecule has 0 amide bonds. The third-order valence-corrected chi connectivity index (χ3v) is 2.09. The second-order valence-corrected chi connectivity index (χ2v) is 3.13. The standard InChI is InChI=1S/C12H9O3/c13-9-4-1-3-8(7-9)10-5-2-6-11(14)12(10)15/h1-2,4-7,13-15H. The van der Waals surface area contributed by atoms with Crippen molar-refractivity contribution in [3.05, 3.63) is 42.5 Å². The van der Waals surface area contributed by atoms with E-state index in [4.69, 9.17) is 0 Å². The molecule has 15 heavy (non-hydrogen) atoms. The van der Waals surface area contributed by atoms with Crippen LogP contribution in [0, 0.1) is 6.07 Å². The molecule has 3 heteroatoms. The van der Waals surface area contributed by atoms with Crippen LogP contribution in [-0.4, -0.2) is 15.3 Å². The fourth-order valence-corrected chi connectivity index (χ4v) is 1.36. The summed E-state index contributed by atoms with van der Waals surface area (Å²) in [6, 6.07) is 12.0. The molecule has 0 unspecified atom stereocenters. The monoisotopic (exact) mass is 201 g/mol. The van der Waals surface area contributed by atoms with Crippen molar-refractivity contribution in [2.24, 2.45) is 0 Å². The van der Waals surface area contributed by atoms with Gasteiger partial charge in [0.15, 0.2) is 11.5 Å². The number of hydrogen-bond donors (Lipinski definition) is 3. The molecule has 2 aromatic rings. The Hall–Kier alpha value is -2.16. The number of phenolic OH excluding ortho intramolecular Hbond substituents is 3. The quantitative estimate of drug-likeness (QED) is 0.620. The lowest BCUT2D eigenvalue weighted by Crippen LogP contribution is -1.79. The van der Waals surface area contributed by atoms with Crippen molar-refractivity contribution >= 4 is 0 Å². The summed E-state index contributed by atoms with van der Waals surface area (Å²) < 4.78 is 0. The molecule has 1 radical (unpaired) electrons. The van der Waals surface area contributed by atoms with Crippen LogP contribution in [0.2, 0.25) is 0 Å². The Labute approximate surface area is 86.9 Å². The molecule has 0 aliphatic heterocycles. The highest BCUT2D eigenvalue weighted by Crippen LogP contribution is 2.36. The Balaban J connectivity index is 2.59. The first-order chi connectivity index (χ1) is 7.18. The van der Waals surface area contributed by atoms with E-state index in [2.05, 4.69) is 6.07 Å². The SMILES string of the molecule is Oc1cc[c]c(-c2cccc(O)c2O)c1. The molecule has 75 valence electrons. The molecular formula is C12H9O3. The van der Waals surface area contributed by atoms with Crippen LogP contribution in [0.1, 0.15) is 0 Å². The van der Waals surface area contributed by atoms with Gasteiger partial charge in [-0.25, -0.2) is 0 Å². The second kappa shape index (κ2) is 3.53. The summed E-state index contributed by atoms with van der Waals surface area (Å²) >= 11 is 0. The van der Waals surface area contributed by atoms with Gasteiger partial charge in [0.2, 0.25) is 0 Å². The molecule has 0 aliphatic carbocycles. The second-order valence-electron chi connectivity index (χ2n) is 3.13. The maximum Gasteiger partial charge on any atom is 0.165 e. The first-order valence-corrected chi connectivity index (χ1v) is 4.40. The van der Waals surface area contributed by atoms with E-state index in [1.165, 1.54) is 18.2 Å². The normalized spacial score (nSPS) is 10.1. The molecule has 3 nitrogen and oxygen atoms in total. The third-order valence-electron chi connectivity index (χ3n) is 2.09. The summed E-state index contributed by atoms with van der Waals surface area (Å²) in [6.07, 6.45) is 0. The molecule has 2 aromatic carbocycles. The van der Waals surface area contributed by atoms with Crippen molar-refractivity contribution in [2.75, 3.05) is 0 Å². The summed E-state index contributed by atoms with van der Waals surface area (Å²) in [6.45, 7) is 0. The summed E-state index contributed by atoms with van der Waals surface area (Å²) in [4.78, 5) is 0. The van der Waals surface area contributed by atoms with Gasteiger partial charge in [-0.15, -0.1) is 0 Å². The molecule has 0 bridgehead atoms. The summed E-state index contributed by atoms with van der Waals surface area (Å²) in [5.74, 6) is -0.310. The van der Waals surface area contributed by atoms with Gasteiger partial charge in [-0.05, 0) is 29.8 Å². The molecule has 0 heterocycles. The van der Waals surface area contributed by atoms with Crippen LogP contribution in [0.4, 0.5) is 0 Å². The topological polar surface area (TPSA) is 60.7 Å². The predicted octanol–water partition coefficient (Wildman–Crippen LogP) is 2.27. The highest BCUT2D eigenvalue weighted by atomic mass is 16.3. The van der Waals surface area contributed by atoms with E-state index in [1.807, 2.05) is 0 Å². The number of phenols is 3. The number of aromatic hydroxyl groups is 3. The Morgan fingerprint density at radius 3 is 2.53 bits per heavy atom. The first kappa shape index (κ1) is 9.40. The maximum absolute atomic E-state index is 9.59. The number of hydrogen-bond acceptors (Lipinski definition) is 3. The molecule has 0 saturated heterocycles. The number of rotatable bonds is 1. The van der Waals surface area contributed by atoms with Crippen LogP contribution in [-0.2, 0) is 0 Å². The minimum atomic E-state index is -0.209. The van der Waals surface area contributed by atoms with Crippen LogP contribution in [0.25, 0.3) is 11.1 Å². The zero-order chi connectivity index (χ0) is 10.8. The fourth-order valence-electron chi connectivity index (χ4n) is 1.36. The van der Waals surface area contributed by atoms with Gasteiger partial charge in [0, 0.05) is 5.56 Å². The zero-order valence-electron chi connectivity index (χ0n) is 7.81. The van der Waals surface area contributed by atoms with Gasteiger partial charge in [-0.2, -0.15) is 0 Å². The Morgan fingerprint density at radius 1 is 1.00 bits per heavy atom. The molecule has 0 fully saturated rings. The van der Waals surface area contributed by atoms with Crippen molar-refractivity contribution < 1.29 is 15.3 Å². The Kier molecular flexibility index (Phi) is 2.21. The van der Waals surface area contributed by atoms with Gasteiger partial charge < -0.3 is 15.3 Å². The lowest BCUT2D eigenvalue weighted by atomic mass is 10.0. The van der Waals surface area contributed by atoms with Gasteiger partial charge in [0.05, 0.1) is 0 Å². The molecule has 3 N–H and O–H groups in total. The van der Waals surface area contributed by atoms with E-state index < -0.39 is 0 Å². The molecular weight excluding hydrogens is 192 g/mol. The van der Waals surface area contributed by atoms with Crippen molar-refractivity contribution in [3.8, 4) is 28.4 Å². The summed E-state index contributed by atoms with van der Waals surface area (Å²) in [5.41, 5.74) is 0.967. The minimum Gasteiger partial charge on any atom is -0.508 e. The average molecular weight is 201 g/mol. The smallest absolute Gasteiger partial charge is 0.165 e. The van der Waals surface area contributed by atoms with Crippen LogP contribution < -0.4 is 0 Å². The van der Waals surface area contributed by atoms with Crippen LogP contribution in [0.15, 0.2) is 36.4 Å². The third kappa shape index (κ3) is 1.72. The van der Waals surface area contributed by atoms with Crippen molar-refractivity contribution in [1.82, 2.24) is 0 Å². The maximum atomic E-state index is 9.59. The van der Waals surface area contributed by atoms with E-state index in [-0.39, 0.29) is 17.2 Å². The first-order valence-electron chi connectivity index (χ1n) is 4.40. The van der Waals surface area contributed by atoms with Gasteiger partial charge in [-0.3, -0.25) is 0 Å². The van der Waals surface area contributed by atoms with Gasteiger partial charge in [0.1, 0.15) is 5.75 Å². The van der Waals surface area contributed by atoms with Gasteiger partial charge in [-0.1, -0.05) is 18.2 Å².